The lowest BCUT2D eigenvalue weighted by Crippen LogP contribution is -2.45. The third-order valence-electron chi connectivity index (χ3n) is 6.45. The Morgan fingerprint density at radius 2 is 1.56 bits per heavy atom. The summed E-state index contributed by atoms with van der Waals surface area (Å²) in [4.78, 5) is 65.7. The molecule has 0 aromatic heterocycles. The molecular weight excluding hydrogens is 580 g/mol. The molecule has 45 heavy (non-hydrogen) atoms. The van der Waals surface area contributed by atoms with Crippen molar-refractivity contribution in [3.63, 3.8) is 0 Å². The normalized spacial score (nSPS) is 11.5. The van der Waals surface area contributed by atoms with Crippen LogP contribution in [0.1, 0.15) is 39.2 Å². The van der Waals surface area contributed by atoms with Crippen LogP contribution >= 0.6 is 0 Å². The SMILES string of the molecule is CC(C(=O)O)c1cccc(NC(=O)NCC(=O)N(CC(=O)OC(C)(C)C)c2ccccc2OCC(=O)N(C)c2ccccc2)c1. The lowest BCUT2D eigenvalue weighted by Gasteiger charge is -2.27. The summed E-state index contributed by atoms with van der Waals surface area (Å²) in [5.74, 6) is -3.33. The molecule has 0 aliphatic rings. The number of carboxylic acid groups (broad SMARTS) is 1. The van der Waals surface area contributed by atoms with Crippen molar-refractivity contribution in [2.75, 3.05) is 41.9 Å². The van der Waals surface area contributed by atoms with E-state index in [9.17, 15) is 29.1 Å². The standard InChI is InChI=1S/C33H38N4O8/c1-22(31(41)42)23-12-11-13-24(18-23)35-32(43)34-19-28(38)37(20-30(40)45-33(2,3)4)26-16-9-10-17-27(26)44-21-29(39)36(5)25-14-7-6-8-15-25/h6-18,22H,19-21H2,1-5H3,(H,41,42)(H2,34,35,43). The van der Waals surface area contributed by atoms with Gasteiger partial charge in [-0.3, -0.25) is 24.1 Å². The van der Waals surface area contributed by atoms with E-state index in [-0.39, 0.29) is 24.0 Å². The van der Waals surface area contributed by atoms with E-state index in [2.05, 4.69) is 10.6 Å². The third-order valence-corrected chi connectivity index (χ3v) is 6.45. The molecule has 0 bridgehead atoms. The van der Waals surface area contributed by atoms with Gasteiger partial charge in [0.05, 0.1) is 18.2 Å². The summed E-state index contributed by atoms with van der Waals surface area (Å²) in [7, 11) is 1.62. The van der Waals surface area contributed by atoms with Gasteiger partial charge in [-0.15, -0.1) is 0 Å². The van der Waals surface area contributed by atoms with Gasteiger partial charge < -0.3 is 30.1 Å². The number of amides is 4. The number of hydrogen-bond acceptors (Lipinski definition) is 7. The van der Waals surface area contributed by atoms with E-state index in [1.54, 1.807) is 94.5 Å². The number of carboxylic acids is 1. The van der Waals surface area contributed by atoms with Gasteiger partial charge in [0.2, 0.25) is 5.91 Å². The van der Waals surface area contributed by atoms with Crippen molar-refractivity contribution in [1.29, 1.82) is 0 Å². The van der Waals surface area contributed by atoms with Gasteiger partial charge in [-0.05, 0) is 69.7 Å². The Balaban J connectivity index is 1.75. The van der Waals surface area contributed by atoms with Gasteiger partial charge in [-0.25, -0.2) is 4.79 Å². The molecule has 0 aliphatic heterocycles. The zero-order valence-corrected chi connectivity index (χ0v) is 25.9. The molecule has 3 aromatic rings. The summed E-state index contributed by atoms with van der Waals surface area (Å²) in [6.45, 7) is 5.26. The zero-order valence-electron chi connectivity index (χ0n) is 25.9. The first-order valence-corrected chi connectivity index (χ1v) is 14.2. The fraction of sp³-hybridized carbons (Fsp3) is 0.303. The molecule has 0 saturated carbocycles. The smallest absolute Gasteiger partial charge is 0.326 e. The van der Waals surface area contributed by atoms with Crippen LogP contribution in [0.25, 0.3) is 0 Å². The van der Waals surface area contributed by atoms with E-state index in [0.717, 1.165) is 4.90 Å². The van der Waals surface area contributed by atoms with Gasteiger partial charge in [-0.1, -0.05) is 42.5 Å². The highest BCUT2D eigenvalue weighted by molar-refractivity contribution is 6.02. The van der Waals surface area contributed by atoms with E-state index in [1.807, 2.05) is 6.07 Å². The van der Waals surface area contributed by atoms with E-state index in [4.69, 9.17) is 9.47 Å². The second kappa shape index (κ2) is 15.4. The summed E-state index contributed by atoms with van der Waals surface area (Å²) >= 11 is 0. The molecule has 0 spiro atoms. The predicted molar refractivity (Wildman–Crippen MR) is 170 cm³/mol. The van der Waals surface area contributed by atoms with Gasteiger partial charge in [0.1, 0.15) is 17.9 Å². The average molecular weight is 619 g/mol. The minimum Gasteiger partial charge on any atom is -0.482 e. The molecular formula is C33H38N4O8. The second-order valence-electron chi connectivity index (χ2n) is 11.1. The molecule has 0 fully saturated rings. The zero-order chi connectivity index (χ0) is 33.1. The number of carbonyl (C=O) groups is 5. The number of hydrogen-bond donors (Lipinski definition) is 3. The highest BCUT2D eigenvalue weighted by atomic mass is 16.6. The number of nitrogens with zero attached hydrogens (tertiary/aromatic N) is 2. The molecule has 0 heterocycles. The second-order valence-corrected chi connectivity index (χ2v) is 11.1. The molecule has 1 atom stereocenters. The van der Waals surface area contributed by atoms with Crippen molar-refractivity contribution in [2.24, 2.45) is 0 Å². The van der Waals surface area contributed by atoms with Crippen molar-refractivity contribution in [3.05, 3.63) is 84.4 Å². The van der Waals surface area contributed by atoms with E-state index < -0.39 is 48.5 Å². The first kappa shape index (κ1) is 34.1. The van der Waals surface area contributed by atoms with Crippen molar-refractivity contribution in [1.82, 2.24) is 5.32 Å². The van der Waals surface area contributed by atoms with Crippen molar-refractivity contribution < 1.29 is 38.6 Å². The van der Waals surface area contributed by atoms with Crippen molar-refractivity contribution >= 4 is 46.8 Å². The molecule has 3 N–H and O–H groups in total. The maximum atomic E-state index is 13.5. The van der Waals surface area contributed by atoms with Gasteiger partial charge in [0.15, 0.2) is 6.61 Å². The van der Waals surface area contributed by atoms with Crippen LogP contribution < -0.4 is 25.2 Å². The number of anilines is 3. The Labute approximate surface area is 261 Å². The summed E-state index contributed by atoms with van der Waals surface area (Å²) in [5.41, 5.74) is 0.876. The van der Waals surface area contributed by atoms with E-state index in [0.29, 0.717) is 16.9 Å². The molecule has 3 rings (SSSR count). The van der Waals surface area contributed by atoms with Gasteiger partial charge in [0, 0.05) is 18.4 Å². The number of esters is 1. The third kappa shape index (κ3) is 10.4. The van der Waals surface area contributed by atoms with Crippen LogP contribution in [-0.2, 0) is 23.9 Å². The Bertz CT molecular complexity index is 1520. The molecule has 238 valence electrons. The largest absolute Gasteiger partial charge is 0.482 e. The Kier molecular flexibility index (Phi) is 11.6. The quantitative estimate of drug-likeness (QED) is 0.252. The van der Waals surface area contributed by atoms with Gasteiger partial charge >= 0.3 is 18.0 Å². The molecule has 3 aromatic carbocycles. The lowest BCUT2D eigenvalue weighted by molar-refractivity contribution is -0.153. The number of para-hydroxylation sites is 3. The summed E-state index contributed by atoms with van der Waals surface area (Å²) < 4.78 is 11.3. The lowest BCUT2D eigenvalue weighted by atomic mass is 10.0. The van der Waals surface area contributed by atoms with E-state index in [1.165, 1.54) is 17.9 Å². The number of ether oxygens (including phenoxy) is 2. The molecule has 0 aliphatic carbocycles. The highest BCUT2D eigenvalue weighted by Gasteiger charge is 2.26. The number of urea groups is 1. The first-order chi connectivity index (χ1) is 21.2. The molecule has 0 radical (unpaired) electrons. The summed E-state index contributed by atoms with van der Waals surface area (Å²) in [6.07, 6.45) is 0. The van der Waals surface area contributed by atoms with Crippen LogP contribution in [0.5, 0.6) is 5.75 Å². The number of likely N-dealkylation sites (N-methyl/N-ethyl adjacent to an activating group) is 1. The highest BCUT2D eigenvalue weighted by Crippen LogP contribution is 2.29. The molecule has 12 heteroatoms. The molecule has 0 saturated heterocycles. The monoisotopic (exact) mass is 618 g/mol. The summed E-state index contributed by atoms with van der Waals surface area (Å²) in [6, 6.07) is 21.1. The fourth-order valence-electron chi connectivity index (χ4n) is 4.10. The maximum Gasteiger partial charge on any atom is 0.326 e. The summed E-state index contributed by atoms with van der Waals surface area (Å²) in [5, 5.41) is 14.3. The number of rotatable bonds is 12. The van der Waals surface area contributed by atoms with Crippen LogP contribution in [0.3, 0.4) is 0 Å². The molecule has 1 unspecified atom stereocenters. The Morgan fingerprint density at radius 3 is 2.22 bits per heavy atom. The van der Waals surface area contributed by atoms with Crippen LogP contribution in [-0.4, -0.2) is 67.2 Å². The van der Waals surface area contributed by atoms with Crippen molar-refractivity contribution in [3.8, 4) is 5.75 Å². The van der Waals surface area contributed by atoms with Crippen LogP contribution in [0, 0.1) is 0 Å². The minimum atomic E-state index is -1.01. The molecule has 4 amide bonds. The number of aliphatic carboxylic acids is 1. The Morgan fingerprint density at radius 1 is 0.889 bits per heavy atom. The van der Waals surface area contributed by atoms with Crippen molar-refractivity contribution in [2.45, 2.75) is 39.2 Å². The number of carbonyl (C=O) groups excluding carboxylic acids is 4. The number of benzene rings is 3. The first-order valence-electron chi connectivity index (χ1n) is 14.2. The average Bonchev–Trinajstić information content (AvgIpc) is 3.00. The number of nitrogens with one attached hydrogen (secondary N) is 2. The Hall–Kier alpha value is -5.39. The van der Waals surface area contributed by atoms with Gasteiger partial charge in [0.25, 0.3) is 5.91 Å². The van der Waals surface area contributed by atoms with Gasteiger partial charge in [-0.2, -0.15) is 0 Å². The van der Waals surface area contributed by atoms with E-state index >= 15 is 0 Å². The minimum absolute atomic E-state index is 0.165. The maximum absolute atomic E-state index is 13.5. The fourth-order valence-corrected chi connectivity index (χ4v) is 4.10. The van der Waals surface area contributed by atoms with Crippen LogP contribution in [0.15, 0.2) is 78.9 Å². The topological polar surface area (TPSA) is 155 Å². The van der Waals surface area contributed by atoms with Crippen LogP contribution in [0.2, 0.25) is 0 Å². The molecule has 12 nitrogen and oxygen atoms in total. The predicted octanol–water partition coefficient (Wildman–Crippen LogP) is 4.41. The van der Waals surface area contributed by atoms with Crippen LogP contribution in [0.4, 0.5) is 21.9 Å².